The number of methoxy groups -OCH3 is 1. The van der Waals surface area contributed by atoms with E-state index in [0.29, 0.717) is 28.3 Å². The SMILES string of the molecule is COc1cc2c(NC(=S)Nc3c(C)cccc3C)ncnc2cc1OC(C)C1CCCNC1. The van der Waals surface area contributed by atoms with E-state index in [9.17, 15) is 0 Å². The zero-order chi connectivity index (χ0) is 23.4. The van der Waals surface area contributed by atoms with Gasteiger partial charge in [0.25, 0.3) is 0 Å². The van der Waals surface area contributed by atoms with E-state index in [1.54, 1.807) is 7.11 Å². The molecule has 1 aliphatic heterocycles. The zero-order valence-corrected chi connectivity index (χ0v) is 20.4. The molecule has 4 rings (SSSR count). The van der Waals surface area contributed by atoms with Crippen LogP contribution in [0.4, 0.5) is 11.5 Å². The van der Waals surface area contributed by atoms with Gasteiger partial charge in [-0.2, -0.15) is 0 Å². The van der Waals surface area contributed by atoms with Gasteiger partial charge in [-0.25, -0.2) is 9.97 Å². The fourth-order valence-corrected chi connectivity index (χ4v) is 4.45. The van der Waals surface area contributed by atoms with Crippen LogP contribution in [0.2, 0.25) is 0 Å². The number of piperidine rings is 1. The van der Waals surface area contributed by atoms with Crippen molar-refractivity contribution in [3.8, 4) is 11.5 Å². The molecule has 3 N–H and O–H groups in total. The fourth-order valence-electron chi connectivity index (χ4n) is 4.26. The number of anilines is 2. The van der Waals surface area contributed by atoms with Gasteiger partial charge in [-0.15, -0.1) is 0 Å². The van der Waals surface area contributed by atoms with Gasteiger partial charge in [0.15, 0.2) is 16.6 Å². The van der Waals surface area contributed by atoms with Crippen molar-refractivity contribution in [2.24, 2.45) is 5.92 Å². The van der Waals surface area contributed by atoms with Gasteiger partial charge in [0.1, 0.15) is 18.2 Å². The molecule has 8 heteroatoms. The number of benzene rings is 2. The summed E-state index contributed by atoms with van der Waals surface area (Å²) < 4.78 is 12.0. The Morgan fingerprint density at radius 3 is 2.64 bits per heavy atom. The van der Waals surface area contributed by atoms with Crippen molar-refractivity contribution >= 4 is 39.7 Å². The Kier molecular flexibility index (Phi) is 7.25. The molecule has 0 saturated carbocycles. The maximum atomic E-state index is 6.33. The van der Waals surface area contributed by atoms with Crippen LogP contribution < -0.4 is 25.4 Å². The predicted molar refractivity (Wildman–Crippen MR) is 138 cm³/mol. The summed E-state index contributed by atoms with van der Waals surface area (Å²) in [7, 11) is 1.64. The highest BCUT2D eigenvalue weighted by Gasteiger charge is 2.23. The number of nitrogens with one attached hydrogen (secondary N) is 3. The summed E-state index contributed by atoms with van der Waals surface area (Å²) in [5.41, 5.74) is 4.00. The van der Waals surface area contributed by atoms with Crippen LogP contribution in [0.3, 0.4) is 0 Å². The van der Waals surface area contributed by atoms with Gasteiger partial charge >= 0.3 is 0 Å². The molecule has 1 aliphatic rings. The molecule has 7 nitrogen and oxygen atoms in total. The molecule has 2 aromatic carbocycles. The summed E-state index contributed by atoms with van der Waals surface area (Å²) in [6.07, 6.45) is 3.92. The van der Waals surface area contributed by atoms with Gasteiger partial charge in [-0.1, -0.05) is 18.2 Å². The lowest BCUT2D eigenvalue weighted by Crippen LogP contribution is -2.37. The first-order valence-corrected chi connectivity index (χ1v) is 11.7. The van der Waals surface area contributed by atoms with Gasteiger partial charge < -0.3 is 25.4 Å². The lowest BCUT2D eigenvalue weighted by molar-refractivity contribution is 0.127. The van der Waals surface area contributed by atoms with Crippen LogP contribution in [0.25, 0.3) is 10.9 Å². The second-order valence-corrected chi connectivity index (χ2v) is 8.93. The molecule has 0 aliphatic carbocycles. The Morgan fingerprint density at radius 2 is 1.94 bits per heavy atom. The summed E-state index contributed by atoms with van der Waals surface area (Å²) in [4.78, 5) is 8.87. The lowest BCUT2D eigenvalue weighted by Gasteiger charge is -2.29. The van der Waals surface area contributed by atoms with E-state index in [4.69, 9.17) is 21.7 Å². The number of rotatable bonds is 6. The second kappa shape index (κ2) is 10.3. The highest BCUT2D eigenvalue weighted by molar-refractivity contribution is 7.80. The monoisotopic (exact) mass is 465 g/mol. The molecule has 2 atom stereocenters. The third-order valence-corrected chi connectivity index (χ3v) is 6.39. The molecule has 2 unspecified atom stereocenters. The average molecular weight is 466 g/mol. The van der Waals surface area contributed by atoms with Crippen LogP contribution in [0.5, 0.6) is 11.5 Å². The molecule has 0 radical (unpaired) electrons. The van der Waals surface area contributed by atoms with Gasteiger partial charge in [-0.05, 0) is 69.6 Å². The third-order valence-electron chi connectivity index (χ3n) is 6.18. The lowest BCUT2D eigenvalue weighted by atomic mass is 9.94. The van der Waals surface area contributed by atoms with Crippen molar-refractivity contribution in [2.45, 2.75) is 39.7 Å². The van der Waals surface area contributed by atoms with Crippen molar-refractivity contribution in [1.82, 2.24) is 15.3 Å². The fraction of sp³-hybridized carbons (Fsp3) is 0.400. The van der Waals surface area contributed by atoms with E-state index in [0.717, 1.165) is 47.2 Å². The number of hydrogen-bond acceptors (Lipinski definition) is 6. The largest absolute Gasteiger partial charge is 0.493 e. The average Bonchev–Trinajstić information content (AvgIpc) is 2.82. The van der Waals surface area contributed by atoms with Gasteiger partial charge in [0.2, 0.25) is 0 Å². The van der Waals surface area contributed by atoms with Crippen LogP contribution in [0, 0.1) is 19.8 Å². The Balaban J connectivity index is 1.56. The van der Waals surface area contributed by atoms with E-state index in [2.05, 4.69) is 58.8 Å². The Hall–Kier alpha value is -2.97. The van der Waals surface area contributed by atoms with Crippen molar-refractivity contribution in [3.05, 3.63) is 47.8 Å². The number of aryl methyl sites for hydroxylation is 2. The number of hydrogen-bond donors (Lipinski definition) is 3. The van der Waals surface area contributed by atoms with Crippen molar-refractivity contribution in [1.29, 1.82) is 0 Å². The predicted octanol–water partition coefficient (Wildman–Crippen LogP) is 4.83. The number of thiocarbonyl (C=S) groups is 1. The molecule has 1 aromatic heterocycles. The van der Waals surface area contributed by atoms with Crippen molar-refractivity contribution < 1.29 is 9.47 Å². The van der Waals surface area contributed by atoms with E-state index in [1.807, 2.05) is 18.2 Å². The molecule has 3 aromatic rings. The van der Waals surface area contributed by atoms with Crippen LogP contribution in [0.1, 0.15) is 30.9 Å². The summed E-state index contributed by atoms with van der Waals surface area (Å²) in [5.74, 6) is 2.40. The maximum absolute atomic E-state index is 6.33. The standard InChI is InChI=1S/C25H31N5O2S/c1-15-7-5-8-16(2)23(15)29-25(33)30-24-19-11-21(31-4)22(12-20(19)27-14-28-24)32-17(3)18-9-6-10-26-13-18/h5,7-8,11-12,14,17-18,26H,6,9-10,13H2,1-4H3,(H2,27,28,29,30,33). The summed E-state index contributed by atoms with van der Waals surface area (Å²) in [6.45, 7) is 8.27. The molecule has 0 spiro atoms. The summed E-state index contributed by atoms with van der Waals surface area (Å²) in [5, 5.41) is 11.2. The minimum absolute atomic E-state index is 0.0673. The minimum atomic E-state index is 0.0673. The zero-order valence-electron chi connectivity index (χ0n) is 19.6. The molecule has 33 heavy (non-hydrogen) atoms. The number of aromatic nitrogens is 2. The van der Waals surface area contributed by atoms with Crippen LogP contribution >= 0.6 is 12.2 Å². The Labute approximate surface area is 200 Å². The van der Waals surface area contributed by atoms with Gasteiger partial charge in [-0.3, -0.25) is 0 Å². The first-order chi connectivity index (χ1) is 16.0. The molecule has 1 fully saturated rings. The van der Waals surface area contributed by atoms with Crippen LogP contribution in [-0.2, 0) is 0 Å². The van der Waals surface area contributed by atoms with Gasteiger partial charge in [0.05, 0.1) is 12.6 Å². The van der Waals surface area contributed by atoms with E-state index < -0.39 is 0 Å². The maximum Gasteiger partial charge on any atom is 0.176 e. The molecule has 1 saturated heterocycles. The van der Waals surface area contributed by atoms with E-state index >= 15 is 0 Å². The van der Waals surface area contributed by atoms with Crippen LogP contribution in [0.15, 0.2) is 36.7 Å². The summed E-state index contributed by atoms with van der Waals surface area (Å²) in [6, 6.07) is 9.95. The third kappa shape index (κ3) is 5.34. The van der Waals surface area contributed by atoms with E-state index in [-0.39, 0.29) is 6.10 Å². The Morgan fingerprint density at radius 1 is 1.15 bits per heavy atom. The first kappa shape index (κ1) is 23.2. The number of fused-ring (bicyclic) bond motifs is 1. The topological polar surface area (TPSA) is 80.3 Å². The van der Waals surface area contributed by atoms with Crippen molar-refractivity contribution in [2.75, 3.05) is 30.8 Å². The number of ether oxygens (including phenoxy) is 2. The molecule has 0 amide bonds. The normalized spacial score (nSPS) is 16.8. The second-order valence-electron chi connectivity index (χ2n) is 8.52. The molecule has 2 heterocycles. The molecular weight excluding hydrogens is 434 g/mol. The first-order valence-electron chi connectivity index (χ1n) is 11.3. The molecular formula is C25H31N5O2S. The van der Waals surface area contributed by atoms with E-state index in [1.165, 1.54) is 12.7 Å². The molecule has 174 valence electrons. The van der Waals surface area contributed by atoms with Crippen LogP contribution in [-0.4, -0.2) is 41.4 Å². The quantitative estimate of drug-likeness (QED) is 0.447. The highest BCUT2D eigenvalue weighted by Crippen LogP contribution is 2.35. The number of nitrogens with zero attached hydrogens (tertiary/aromatic N) is 2. The smallest absolute Gasteiger partial charge is 0.176 e. The highest BCUT2D eigenvalue weighted by atomic mass is 32.1. The molecule has 0 bridgehead atoms. The van der Waals surface area contributed by atoms with Crippen molar-refractivity contribution in [3.63, 3.8) is 0 Å². The Bertz CT molecular complexity index is 1130. The summed E-state index contributed by atoms with van der Waals surface area (Å²) >= 11 is 5.57. The number of para-hydroxylation sites is 1. The minimum Gasteiger partial charge on any atom is -0.493 e. The van der Waals surface area contributed by atoms with Gasteiger partial charge in [0, 0.05) is 29.6 Å².